The largest absolute Gasteiger partial charge is 0.0587 e. The molecule has 1 aliphatic rings. The molecule has 0 unspecified atom stereocenters. The van der Waals surface area contributed by atoms with Crippen LogP contribution in [0.25, 0.3) is 21.9 Å². The van der Waals surface area contributed by atoms with E-state index in [0.717, 1.165) is 6.42 Å². The van der Waals surface area contributed by atoms with E-state index in [0.29, 0.717) is 0 Å². The van der Waals surface area contributed by atoms with E-state index in [2.05, 4.69) is 63.2 Å². The standard InChI is InChI=1S/C20H18/c1-12-4-6-17-15(8-12)11-16-10-14(3)19-9-13(2)5-7-18(19)20(16)17/h4-10H,11H2,1-3H3. The Morgan fingerprint density at radius 2 is 1.45 bits per heavy atom. The zero-order chi connectivity index (χ0) is 13.9. The number of hydrogen-bond acceptors (Lipinski definition) is 0. The molecule has 0 N–H and O–H groups in total. The van der Waals surface area contributed by atoms with E-state index in [-0.39, 0.29) is 0 Å². The zero-order valence-electron chi connectivity index (χ0n) is 12.2. The summed E-state index contributed by atoms with van der Waals surface area (Å²) in [7, 11) is 0. The summed E-state index contributed by atoms with van der Waals surface area (Å²) in [6, 6.07) is 16.1. The third kappa shape index (κ3) is 1.54. The Bertz CT molecular complexity index is 854. The van der Waals surface area contributed by atoms with Crippen molar-refractivity contribution in [1.82, 2.24) is 0 Å². The quantitative estimate of drug-likeness (QED) is 0.399. The van der Waals surface area contributed by atoms with E-state index >= 15 is 0 Å². The maximum Gasteiger partial charge on any atom is -0.00130 e. The lowest BCUT2D eigenvalue weighted by Gasteiger charge is -2.11. The summed E-state index contributed by atoms with van der Waals surface area (Å²) in [5, 5.41) is 2.81. The smallest absolute Gasteiger partial charge is 0.00130 e. The van der Waals surface area contributed by atoms with E-state index in [9.17, 15) is 0 Å². The highest BCUT2D eigenvalue weighted by Gasteiger charge is 2.21. The molecule has 0 spiro atoms. The first-order valence-corrected chi connectivity index (χ1v) is 7.26. The van der Waals surface area contributed by atoms with Crippen molar-refractivity contribution in [2.75, 3.05) is 0 Å². The Balaban J connectivity index is 2.12. The van der Waals surface area contributed by atoms with Gasteiger partial charge in [0.05, 0.1) is 0 Å². The van der Waals surface area contributed by atoms with Crippen molar-refractivity contribution < 1.29 is 0 Å². The SMILES string of the molecule is Cc1ccc2c(c1)Cc1cc(C)c3cc(C)ccc3c1-2. The van der Waals surface area contributed by atoms with Crippen molar-refractivity contribution in [1.29, 1.82) is 0 Å². The molecule has 3 aromatic carbocycles. The molecule has 0 amide bonds. The maximum absolute atomic E-state index is 2.38. The minimum Gasteiger partial charge on any atom is -0.0587 e. The Labute approximate surface area is 120 Å². The molecule has 0 atom stereocenters. The van der Waals surface area contributed by atoms with Crippen molar-refractivity contribution in [3.05, 3.63) is 70.3 Å². The summed E-state index contributed by atoms with van der Waals surface area (Å²) in [6.07, 6.45) is 1.08. The highest BCUT2D eigenvalue weighted by atomic mass is 14.2. The first kappa shape index (κ1) is 11.7. The van der Waals surface area contributed by atoms with Crippen molar-refractivity contribution >= 4 is 10.8 Å². The molecule has 0 radical (unpaired) electrons. The highest BCUT2D eigenvalue weighted by molar-refractivity contribution is 6.02. The number of aryl methyl sites for hydroxylation is 3. The van der Waals surface area contributed by atoms with Gasteiger partial charge in [-0.05, 0) is 65.8 Å². The van der Waals surface area contributed by atoms with Crippen LogP contribution in [0.2, 0.25) is 0 Å². The van der Waals surface area contributed by atoms with Gasteiger partial charge in [0.1, 0.15) is 0 Å². The van der Waals surface area contributed by atoms with E-state index in [4.69, 9.17) is 0 Å². The molecule has 1 aliphatic carbocycles. The van der Waals surface area contributed by atoms with E-state index < -0.39 is 0 Å². The Morgan fingerprint density at radius 1 is 0.700 bits per heavy atom. The van der Waals surface area contributed by atoms with Crippen LogP contribution in [0.5, 0.6) is 0 Å². The molecular weight excluding hydrogens is 240 g/mol. The Hall–Kier alpha value is -2.08. The average Bonchev–Trinajstić information content (AvgIpc) is 2.76. The van der Waals surface area contributed by atoms with Crippen LogP contribution in [0.1, 0.15) is 27.8 Å². The fraction of sp³-hybridized carbons (Fsp3) is 0.200. The van der Waals surface area contributed by atoms with Crippen LogP contribution in [-0.2, 0) is 6.42 Å². The van der Waals surface area contributed by atoms with Gasteiger partial charge in [-0.15, -0.1) is 0 Å². The lowest BCUT2D eigenvalue weighted by atomic mass is 9.93. The van der Waals surface area contributed by atoms with Gasteiger partial charge in [-0.3, -0.25) is 0 Å². The summed E-state index contributed by atoms with van der Waals surface area (Å²) in [6.45, 7) is 6.58. The second-order valence-corrected chi connectivity index (χ2v) is 6.11. The lowest BCUT2D eigenvalue weighted by molar-refractivity contribution is 1.24. The number of fused-ring (bicyclic) bond motifs is 5. The summed E-state index contributed by atoms with van der Waals surface area (Å²) in [4.78, 5) is 0. The summed E-state index contributed by atoms with van der Waals surface area (Å²) in [5.74, 6) is 0. The first-order chi connectivity index (χ1) is 9.63. The van der Waals surface area contributed by atoms with Gasteiger partial charge in [0.25, 0.3) is 0 Å². The fourth-order valence-corrected chi connectivity index (χ4v) is 3.56. The van der Waals surface area contributed by atoms with Gasteiger partial charge in [-0.2, -0.15) is 0 Å². The van der Waals surface area contributed by atoms with Gasteiger partial charge in [0.15, 0.2) is 0 Å². The topological polar surface area (TPSA) is 0 Å². The van der Waals surface area contributed by atoms with Crippen molar-refractivity contribution in [2.24, 2.45) is 0 Å². The maximum atomic E-state index is 2.38. The molecule has 0 aromatic heterocycles. The predicted molar refractivity (Wildman–Crippen MR) is 86.4 cm³/mol. The number of hydrogen-bond donors (Lipinski definition) is 0. The molecular formula is C20H18. The number of benzene rings is 3. The van der Waals surface area contributed by atoms with Crippen LogP contribution in [0, 0.1) is 20.8 Å². The Morgan fingerprint density at radius 3 is 2.30 bits per heavy atom. The van der Waals surface area contributed by atoms with Crippen LogP contribution in [0.4, 0.5) is 0 Å². The molecule has 0 fully saturated rings. The lowest BCUT2D eigenvalue weighted by Crippen LogP contribution is -1.87. The molecule has 0 aliphatic heterocycles. The fourth-order valence-electron chi connectivity index (χ4n) is 3.56. The van der Waals surface area contributed by atoms with Gasteiger partial charge in [-0.25, -0.2) is 0 Å². The molecule has 0 heterocycles. The molecule has 0 saturated heterocycles. The van der Waals surface area contributed by atoms with Crippen LogP contribution in [0.3, 0.4) is 0 Å². The van der Waals surface area contributed by atoms with Gasteiger partial charge in [0, 0.05) is 0 Å². The molecule has 4 rings (SSSR count). The molecule has 3 aromatic rings. The van der Waals surface area contributed by atoms with E-state index in [1.54, 1.807) is 0 Å². The van der Waals surface area contributed by atoms with Crippen LogP contribution >= 0.6 is 0 Å². The molecule has 98 valence electrons. The van der Waals surface area contributed by atoms with Crippen molar-refractivity contribution in [2.45, 2.75) is 27.2 Å². The summed E-state index contributed by atoms with van der Waals surface area (Å²) >= 11 is 0. The minimum atomic E-state index is 1.08. The van der Waals surface area contributed by atoms with E-state index in [1.165, 1.54) is 49.7 Å². The van der Waals surface area contributed by atoms with Gasteiger partial charge >= 0.3 is 0 Å². The number of rotatable bonds is 0. The van der Waals surface area contributed by atoms with Crippen LogP contribution < -0.4 is 0 Å². The second kappa shape index (κ2) is 3.96. The van der Waals surface area contributed by atoms with Crippen LogP contribution in [-0.4, -0.2) is 0 Å². The molecule has 0 saturated carbocycles. The van der Waals surface area contributed by atoms with Gasteiger partial charge < -0.3 is 0 Å². The molecule has 0 heteroatoms. The molecule has 0 bridgehead atoms. The third-order valence-corrected chi connectivity index (χ3v) is 4.49. The monoisotopic (exact) mass is 258 g/mol. The van der Waals surface area contributed by atoms with Gasteiger partial charge in [0.2, 0.25) is 0 Å². The third-order valence-electron chi connectivity index (χ3n) is 4.49. The van der Waals surface area contributed by atoms with Gasteiger partial charge in [-0.1, -0.05) is 53.6 Å². The second-order valence-electron chi connectivity index (χ2n) is 6.11. The van der Waals surface area contributed by atoms with E-state index in [1.807, 2.05) is 0 Å². The normalized spacial score (nSPS) is 12.6. The Kier molecular flexibility index (Phi) is 2.32. The summed E-state index contributed by atoms with van der Waals surface area (Å²) < 4.78 is 0. The average molecular weight is 258 g/mol. The minimum absolute atomic E-state index is 1.08. The van der Waals surface area contributed by atoms with Crippen LogP contribution in [0.15, 0.2) is 42.5 Å². The molecule has 20 heavy (non-hydrogen) atoms. The summed E-state index contributed by atoms with van der Waals surface area (Å²) in [5.41, 5.74) is 9.94. The zero-order valence-corrected chi connectivity index (χ0v) is 12.2. The molecule has 0 nitrogen and oxygen atoms in total. The first-order valence-electron chi connectivity index (χ1n) is 7.26. The highest BCUT2D eigenvalue weighted by Crippen LogP contribution is 2.42. The van der Waals surface area contributed by atoms with Crippen molar-refractivity contribution in [3.8, 4) is 11.1 Å². The van der Waals surface area contributed by atoms with Crippen molar-refractivity contribution in [3.63, 3.8) is 0 Å². The predicted octanol–water partition coefficient (Wildman–Crippen LogP) is 5.34.